The highest BCUT2D eigenvalue weighted by Gasteiger charge is 2.35. The maximum atomic E-state index is 13.3. The molecule has 0 bridgehead atoms. The Morgan fingerprint density at radius 1 is 1.29 bits per heavy atom. The van der Waals surface area contributed by atoms with E-state index in [4.69, 9.17) is 11.6 Å². The van der Waals surface area contributed by atoms with Crippen LogP contribution in [-0.2, 0) is 20.0 Å². The van der Waals surface area contributed by atoms with E-state index in [0.29, 0.717) is 11.7 Å². The summed E-state index contributed by atoms with van der Waals surface area (Å²) in [6, 6.07) is 6.65. The molecule has 4 rings (SSSR count). The smallest absolute Gasteiger partial charge is 0.131 e. The predicted octanol–water partition coefficient (Wildman–Crippen LogP) is 4.51. The predicted molar refractivity (Wildman–Crippen MR) is 108 cm³/mol. The van der Waals surface area contributed by atoms with Crippen LogP contribution in [0, 0.1) is 18.2 Å². The van der Waals surface area contributed by atoms with E-state index in [1.54, 1.807) is 16.8 Å². The summed E-state index contributed by atoms with van der Waals surface area (Å²) in [5, 5.41) is 13.4. The number of nitrogens with one attached hydrogen (secondary N) is 1. The number of hydrogen-bond donors (Lipinski definition) is 1. The second kappa shape index (κ2) is 7.01. The number of benzene rings is 1. The minimum Gasteiger partial charge on any atom is -0.306 e. The molecule has 2 heterocycles. The van der Waals surface area contributed by atoms with Gasteiger partial charge in [0.1, 0.15) is 11.0 Å². The molecule has 0 saturated heterocycles. The third-order valence-electron chi connectivity index (χ3n) is 5.55. The van der Waals surface area contributed by atoms with E-state index in [0.717, 1.165) is 29.8 Å². The lowest BCUT2D eigenvalue weighted by Crippen LogP contribution is -2.33. The molecule has 0 spiro atoms. The summed E-state index contributed by atoms with van der Waals surface area (Å²) in [6.45, 7) is 7.18. The molecule has 1 atom stereocenters. The first-order chi connectivity index (χ1) is 13.2. The third kappa shape index (κ3) is 3.47. The zero-order valence-corrected chi connectivity index (χ0v) is 17.4. The first kappa shape index (κ1) is 19.2. The van der Waals surface area contributed by atoms with Gasteiger partial charge in [-0.1, -0.05) is 25.4 Å². The van der Waals surface area contributed by atoms with Crippen LogP contribution in [-0.4, -0.2) is 19.6 Å². The average molecular weight is 402 g/mol. The lowest BCUT2D eigenvalue weighted by atomic mass is 9.74. The molecule has 2 aromatic heterocycles. The van der Waals surface area contributed by atoms with Gasteiger partial charge in [-0.25, -0.2) is 9.07 Å². The molecule has 0 aliphatic heterocycles. The molecular formula is C21H25ClFN5. The van der Waals surface area contributed by atoms with Crippen LogP contribution < -0.4 is 5.32 Å². The highest BCUT2D eigenvalue weighted by atomic mass is 35.5. The molecule has 0 radical (unpaired) electrons. The maximum absolute atomic E-state index is 13.3. The van der Waals surface area contributed by atoms with E-state index in [2.05, 4.69) is 29.4 Å². The first-order valence-corrected chi connectivity index (χ1v) is 9.87. The summed E-state index contributed by atoms with van der Waals surface area (Å²) in [7, 11) is 1.85. The van der Waals surface area contributed by atoms with Crippen LogP contribution in [0.2, 0.25) is 5.15 Å². The summed E-state index contributed by atoms with van der Waals surface area (Å²) in [4.78, 5) is 0. The van der Waals surface area contributed by atoms with Crippen molar-refractivity contribution in [2.45, 2.75) is 46.2 Å². The zero-order valence-electron chi connectivity index (χ0n) is 16.6. The van der Waals surface area contributed by atoms with Crippen molar-refractivity contribution in [3.63, 3.8) is 0 Å². The number of fused-ring (bicyclic) bond motifs is 1. The summed E-state index contributed by atoms with van der Waals surface area (Å²) in [5.74, 6) is -0.242. The van der Waals surface area contributed by atoms with Gasteiger partial charge < -0.3 is 5.32 Å². The Morgan fingerprint density at radius 2 is 2.00 bits per heavy atom. The first-order valence-electron chi connectivity index (χ1n) is 9.49. The van der Waals surface area contributed by atoms with Crippen molar-refractivity contribution in [2.24, 2.45) is 12.5 Å². The van der Waals surface area contributed by atoms with Crippen molar-refractivity contribution < 1.29 is 4.39 Å². The Hall–Kier alpha value is -2.18. The highest BCUT2D eigenvalue weighted by Crippen LogP contribution is 2.41. The SMILES string of the molecule is Cc1nn(C)c(Cl)c1CNC1CC(C)(C)Cc2c1cnn2-c1ccc(F)cc1. The largest absolute Gasteiger partial charge is 0.306 e. The van der Waals surface area contributed by atoms with Gasteiger partial charge in [-0.05, 0) is 49.4 Å². The molecule has 1 aliphatic rings. The lowest BCUT2D eigenvalue weighted by Gasteiger charge is -2.36. The number of aryl methyl sites for hydroxylation is 2. The number of nitrogens with zero attached hydrogens (tertiary/aromatic N) is 4. The molecule has 1 aromatic carbocycles. The number of hydrogen-bond acceptors (Lipinski definition) is 3. The van der Waals surface area contributed by atoms with Gasteiger partial charge in [-0.15, -0.1) is 0 Å². The molecule has 7 heteroatoms. The molecule has 148 valence electrons. The Labute approximate surface area is 169 Å². The van der Waals surface area contributed by atoms with Crippen LogP contribution in [0.1, 0.15) is 48.8 Å². The van der Waals surface area contributed by atoms with Crippen LogP contribution in [0.4, 0.5) is 4.39 Å². The molecule has 3 aromatic rings. The second-order valence-corrected chi connectivity index (χ2v) is 8.75. The molecule has 1 unspecified atom stereocenters. The van der Waals surface area contributed by atoms with Crippen LogP contribution in [0.15, 0.2) is 30.5 Å². The number of aromatic nitrogens is 4. The van der Waals surface area contributed by atoms with Crippen molar-refractivity contribution in [2.75, 3.05) is 0 Å². The van der Waals surface area contributed by atoms with Crippen LogP contribution in [0.25, 0.3) is 5.69 Å². The van der Waals surface area contributed by atoms with Gasteiger partial charge in [0, 0.05) is 36.5 Å². The van der Waals surface area contributed by atoms with Crippen molar-refractivity contribution in [1.29, 1.82) is 0 Å². The normalized spacial score (nSPS) is 18.3. The Bertz CT molecular complexity index is 1000. The minimum absolute atomic E-state index is 0.121. The van der Waals surface area contributed by atoms with Gasteiger partial charge in [-0.2, -0.15) is 10.2 Å². The third-order valence-corrected chi connectivity index (χ3v) is 6.02. The molecule has 1 N–H and O–H groups in total. The Kier molecular flexibility index (Phi) is 4.79. The van der Waals surface area contributed by atoms with Gasteiger partial charge >= 0.3 is 0 Å². The van der Waals surface area contributed by atoms with E-state index in [1.165, 1.54) is 23.4 Å². The van der Waals surface area contributed by atoms with E-state index in [1.807, 2.05) is 24.9 Å². The number of halogens is 2. The summed E-state index contributed by atoms with van der Waals surface area (Å²) in [5.41, 5.74) is 5.34. The topological polar surface area (TPSA) is 47.7 Å². The van der Waals surface area contributed by atoms with Crippen molar-refractivity contribution in [3.8, 4) is 5.69 Å². The van der Waals surface area contributed by atoms with Crippen molar-refractivity contribution >= 4 is 11.6 Å². The minimum atomic E-state index is -0.242. The van der Waals surface area contributed by atoms with Crippen LogP contribution in [0.3, 0.4) is 0 Å². The fraction of sp³-hybridized carbons (Fsp3) is 0.429. The standard InChI is InChI=1S/C21H25ClFN5/c1-13-16(20(22)27(4)26-13)11-24-18-9-21(2,3)10-19-17(18)12-25-28(19)15-7-5-14(23)6-8-15/h5-8,12,18,24H,9-11H2,1-4H3. The van der Waals surface area contributed by atoms with Crippen LogP contribution in [0.5, 0.6) is 0 Å². The molecular weight excluding hydrogens is 377 g/mol. The molecule has 0 saturated carbocycles. The van der Waals surface area contributed by atoms with Gasteiger partial charge in [-0.3, -0.25) is 4.68 Å². The maximum Gasteiger partial charge on any atom is 0.131 e. The number of rotatable bonds is 4. The fourth-order valence-electron chi connectivity index (χ4n) is 4.13. The van der Waals surface area contributed by atoms with Crippen molar-refractivity contribution in [1.82, 2.24) is 24.9 Å². The van der Waals surface area contributed by atoms with Gasteiger partial charge in [0.25, 0.3) is 0 Å². The fourth-order valence-corrected chi connectivity index (χ4v) is 4.37. The lowest BCUT2D eigenvalue weighted by molar-refractivity contribution is 0.252. The summed E-state index contributed by atoms with van der Waals surface area (Å²) < 4.78 is 17.0. The van der Waals surface area contributed by atoms with E-state index in [9.17, 15) is 4.39 Å². The molecule has 1 aliphatic carbocycles. The zero-order chi connectivity index (χ0) is 20.1. The molecule has 0 fully saturated rings. The monoisotopic (exact) mass is 401 g/mol. The van der Waals surface area contributed by atoms with E-state index >= 15 is 0 Å². The van der Waals surface area contributed by atoms with Crippen molar-refractivity contribution in [3.05, 3.63) is 63.9 Å². The molecule has 0 amide bonds. The van der Waals surface area contributed by atoms with Gasteiger partial charge in [0.15, 0.2) is 0 Å². The van der Waals surface area contributed by atoms with Gasteiger partial charge in [0.05, 0.1) is 17.6 Å². The van der Waals surface area contributed by atoms with E-state index < -0.39 is 0 Å². The summed E-state index contributed by atoms with van der Waals surface area (Å²) >= 11 is 6.40. The van der Waals surface area contributed by atoms with Gasteiger partial charge in [0.2, 0.25) is 0 Å². The van der Waals surface area contributed by atoms with Crippen LogP contribution >= 0.6 is 11.6 Å². The average Bonchev–Trinajstić information content (AvgIpc) is 3.14. The Balaban J connectivity index is 1.65. The summed E-state index contributed by atoms with van der Waals surface area (Å²) in [6.07, 6.45) is 3.86. The second-order valence-electron chi connectivity index (χ2n) is 8.39. The molecule has 5 nitrogen and oxygen atoms in total. The highest BCUT2D eigenvalue weighted by molar-refractivity contribution is 6.30. The Morgan fingerprint density at radius 3 is 2.64 bits per heavy atom. The van der Waals surface area contributed by atoms with E-state index in [-0.39, 0.29) is 17.3 Å². The molecule has 28 heavy (non-hydrogen) atoms. The quantitative estimate of drug-likeness (QED) is 0.699.